The number of imide groups is 1. The molecule has 2 aliphatic heterocycles. The lowest BCUT2D eigenvalue weighted by Crippen LogP contribution is -2.37. The van der Waals surface area contributed by atoms with Gasteiger partial charge in [-0.3, -0.25) is 14.4 Å². The standard InChI is InChI=1S/C25H21ClN2O4/c1-15-8-9-18(14-20(15)26)27-24(29)21-22(16-6-4-3-5-7-16)28(32-23(21)25(27)30)17-10-12-19(31-2)13-11-17/h3-14,21-23H,1-2H3/t21-,22-,23-/m0/s1. The van der Waals surface area contributed by atoms with E-state index < -0.39 is 24.0 Å². The van der Waals surface area contributed by atoms with Crippen molar-refractivity contribution >= 4 is 34.8 Å². The van der Waals surface area contributed by atoms with Crippen molar-refractivity contribution in [1.82, 2.24) is 0 Å². The van der Waals surface area contributed by atoms with Crippen molar-refractivity contribution in [2.24, 2.45) is 5.92 Å². The Morgan fingerprint density at radius 2 is 1.59 bits per heavy atom. The van der Waals surface area contributed by atoms with Crippen LogP contribution in [0.4, 0.5) is 11.4 Å². The van der Waals surface area contributed by atoms with Crippen molar-refractivity contribution in [3.8, 4) is 5.75 Å². The van der Waals surface area contributed by atoms with Crippen LogP contribution >= 0.6 is 11.6 Å². The van der Waals surface area contributed by atoms with Gasteiger partial charge in [-0.15, -0.1) is 0 Å². The maximum atomic E-state index is 13.6. The second-order valence-electron chi connectivity index (χ2n) is 7.88. The Morgan fingerprint density at radius 1 is 0.906 bits per heavy atom. The molecule has 0 radical (unpaired) electrons. The number of carbonyl (C=O) groups excluding carboxylic acids is 2. The third kappa shape index (κ3) is 3.23. The summed E-state index contributed by atoms with van der Waals surface area (Å²) in [6.45, 7) is 1.87. The molecule has 0 N–H and O–H groups in total. The zero-order valence-electron chi connectivity index (χ0n) is 17.6. The van der Waals surface area contributed by atoms with Crippen molar-refractivity contribution in [3.63, 3.8) is 0 Å². The second kappa shape index (κ2) is 7.97. The highest BCUT2D eigenvalue weighted by Gasteiger charge is 2.60. The maximum Gasteiger partial charge on any atom is 0.266 e. The molecule has 3 atom stereocenters. The van der Waals surface area contributed by atoms with E-state index in [9.17, 15) is 9.59 Å². The van der Waals surface area contributed by atoms with Gasteiger partial charge in [-0.1, -0.05) is 48.0 Å². The Morgan fingerprint density at radius 3 is 2.25 bits per heavy atom. The number of amides is 2. The van der Waals surface area contributed by atoms with E-state index in [1.807, 2.05) is 61.5 Å². The molecule has 2 fully saturated rings. The zero-order chi connectivity index (χ0) is 22.4. The second-order valence-corrected chi connectivity index (χ2v) is 8.28. The molecular weight excluding hydrogens is 428 g/mol. The quantitative estimate of drug-likeness (QED) is 0.541. The fourth-order valence-corrected chi connectivity index (χ4v) is 4.51. The highest BCUT2D eigenvalue weighted by Crippen LogP contribution is 2.47. The molecule has 2 heterocycles. The van der Waals surface area contributed by atoms with Gasteiger partial charge >= 0.3 is 0 Å². The Labute approximate surface area is 190 Å². The van der Waals surface area contributed by atoms with Crippen LogP contribution in [0.5, 0.6) is 5.75 Å². The van der Waals surface area contributed by atoms with Crippen molar-refractivity contribution < 1.29 is 19.2 Å². The molecule has 0 unspecified atom stereocenters. The minimum absolute atomic E-state index is 0.301. The van der Waals surface area contributed by atoms with Crippen LogP contribution in [0.1, 0.15) is 17.2 Å². The average Bonchev–Trinajstić information content (AvgIpc) is 3.32. The normalized spacial score (nSPS) is 22.4. The van der Waals surface area contributed by atoms with E-state index >= 15 is 0 Å². The fourth-order valence-electron chi connectivity index (χ4n) is 4.33. The number of anilines is 2. The predicted molar refractivity (Wildman–Crippen MR) is 122 cm³/mol. The van der Waals surface area contributed by atoms with Gasteiger partial charge in [-0.25, -0.2) is 9.96 Å². The molecule has 3 aromatic rings. The molecular formula is C25H21ClN2O4. The molecule has 0 saturated carbocycles. The summed E-state index contributed by atoms with van der Waals surface area (Å²) in [7, 11) is 1.60. The Bertz CT molecular complexity index is 1180. The monoisotopic (exact) mass is 448 g/mol. The number of hydrogen-bond acceptors (Lipinski definition) is 5. The molecule has 7 heteroatoms. The van der Waals surface area contributed by atoms with E-state index in [1.165, 1.54) is 4.90 Å². The van der Waals surface area contributed by atoms with Gasteiger partial charge in [0.25, 0.3) is 5.91 Å². The van der Waals surface area contributed by atoms with Crippen LogP contribution in [0.3, 0.4) is 0 Å². The van der Waals surface area contributed by atoms with Gasteiger partial charge in [0.1, 0.15) is 11.7 Å². The molecule has 0 spiro atoms. The topological polar surface area (TPSA) is 59.1 Å². The maximum absolute atomic E-state index is 13.6. The van der Waals surface area contributed by atoms with E-state index in [2.05, 4.69) is 0 Å². The van der Waals surface area contributed by atoms with Crippen LogP contribution in [0.15, 0.2) is 72.8 Å². The molecule has 0 aromatic heterocycles. The van der Waals surface area contributed by atoms with Crippen LogP contribution in [-0.2, 0) is 14.4 Å². The number of aryl methyl sites for hydroxylation is 1. The van der Waals surface area contributed by atoms with Gasteiger partial charge in [0, 0.05) is 5.02 Å². The minimum atomic E-state index is -0.921. The summed E-state index contributed by atoms with van der Waals surface area (Å²) in [5.74, 6) is -0.673. The van der Waals surface area contributed by atoms with E-state index in [4.69, 9.17) is 21.2 Å². The summed E-state index contributed by atoms with van der Waals surface area (Å²) in [5, 5.41) is 2.17. The third-order valence-corrected chi connectivity index (χ3v) is 6.40. The molecule has 3 aromatic carbocycles. The molecule has 2 amide bonds. The largest absolute Gasteiger partial charge is 0.497 e. The lowest BCUT2D eigenvalue weighted by atomic mass is 9.90. The summed E-state index contributed by atoms with van der Waals surface area (Å²) in [5.41, 5.74) is 2.95. The summed E-state index contributed by atoms with van der Waals surface area (Å²) in [4.78, 5) is 34.3. The first-order chi connectivity index (χ1) is 15.5. The number of carbonyl (C=O) groups is 2. The van der Waals surface area contributed by atoms with Gasteiger partial charge in [0.2, 0.25) is 5.91 Å². The molecule has 0 aliphatic carbocycles. The Kier molecular flexibility index (Phi) is 5.12. The SMILES string of the molecule is COc1ccc(N2O[C@@H]3C(=O)N(c4ccc(C)c(Cl)c4)C(=O)[C@H]3[C@@H]2c2ccccc2)cc1. The molecule has 2 aliphatic rings. The number of nitrogens with zero attached hydrogens (tertiary/aromatic N) is 2. The average molecular weight is 449 g/mol. The van der Waals surface area contributed by atoms with E-state index in [0.717, 1.165) is 16.8 Å². The number of methoxy groups -OCH3 is 1. The summed E-state index contributed by atoms with van der Waals surface area (Å²) in [6.07, 6.45) is -0.921. The van der Waals surface area contributed by atoms with Gasteiger partial charge < -0.3 is 4.74 Å². The van der Waals surface area contributed by atoms with Crippen molar-refractivity contribution in [2.45, 2.75) is 19.1 Å². The Hall–Kier alpha value is -3.35. The first-order valence-electron chi connectivity index (χ1n) is 10.3. The lowest BCUT2D eigenvalue weighted by Gasteiger charge is -2.29. The van der Waals surface area contributed by atoms with Crippen molar-refractivity contribution in [3.05, 3.63) is 88.9 Å². The van der Waals surface area contributed by atoms with E-state index in [0.29, 0.717) is 16.5 Å². The van der Waals surface area contributed by atoms with Gasteiger partial charge in [-0.05, 0) is 54.4 Å². The van der Waals surface area contributed by atoms with Crippen molar-refractivity contribution in [2.75, 3.05) is 17.1 Å². The summed E-state index contributed by atoms with van der Waals surface area (Å²) >= 11 is 6.26. The molecule has 5 rings (SSSR count). The van der Waals surface area contributed by atoms with Crippen LogP contribution < -0.4 is 14.7 Å². The van der Waals surface area contributed by atoms with Gasteiger partial charge in [-0.2, -0.15) is 0 Å². The van der Waals surface area contributed by atoms with Crippen LogP contribution in [0.25, 0.3) is 0 Å². The number of halogens is 1. The van der Waals surface area contributed by atoms with Crippen LogP contribution in [0.2, 0.25) is 5.02 Å². The van der Waals surface area contributed by atoms with Crippen LogP contribution in [-0.4, -0.2) is 25.0 Å². The first kappa shape index (κ1) is 20.5. The summed E-state index contributed by atoms with van der Waals surface area (Å²) in [6, 6.07) is 21.7. The minimum Gasteiger partial charge on any atom is -0.497 e. The highest BCUT2D eigenvalue weighted by atomic mass is 35.5. The molecule has 32 heavy (non-hydrogen) atoms. The molecule has 6 nitrogen and oxygen atoms in total. The van der Waals surface area contributed by atoms with Crippen LogP contribution in [0, 0.1) is 12.8 Å². The summed E-state index contributed by atoms with van der Waals surface area (Å²) < 4.78 is 5.25. The Balaban J connectivity index is 1.56. The number of benzene rings is 3. The smallest absolute Gasteiger partial charge is 0.266 e. The van der Waals surface area contributed by atoms with Gasteiger partial charge in [0.15, 0.2) is 6.10 Å². The van der Waals surface area contributed by atoms with E-state index in [-0.39, 0.29) is 5.91 Å². The number of ether oxygens (including phenoxy) is 1. The number of hydroxylamine groups is 1. The highest BCUT2D eigenvalue weighted by molar-refractivity contribution is 6.32. The van der Waals surface area contributed by atoms with E-state index in [1.54, 1.807) is 30.4 Å². The number of fused-ring (bicyclic) bond motifs is 1. The number of hydrogen-bond donors (Lipinski definition) is 0. The first-order valence-corrected chi connectivity index (χ1v) is 10.7. The van der Waals surface area contributed by atoms with Gasteiger partial charge in [0.05, 0.1) is 24.5 Å². The van der Waals surface area contributed by atoms with Crippen molar-refractivity contribution in [1.29, 1.82) is 0 Å². The predicted octanol–water partition coefficient (Wildman–Crippen LogP) is 4.71. The molecule has 0 bridgehead atoms. The number of rotatable bonds is 4. The zero-order valence-corrected chi connectivity index (χ0v) is 18.3. The lowest BCUT2D eigenvalue weighted by molar-refractivity contribution is -0.126. The third-order valence-electron chi connectivity index (χ3n) is 6.00. The molecule has 2 saturated heterocycles. The molecule has 162 valence electrons. The fraction of sp³-hybridized carbons (Fsp3) is 0.200.